The summed E-state index contributed by atoms with van der Waals surface area (Å²) in [6.07, 6.45) is 6.83. The van der Waals surface area contributed by atoms with Gasteiger partial charge in [-0.1, -0.05) is 62.2 Å². The Labute approximate surface area is 195 Å². The zero-order valence-corrected chi connectivity index (χ0v) is 19.8. The molecule has 1 aliphatic carbocycles. The minimum absolute atomic E-state index is 0.0122. The van der Waals surface area contributed by atoms with Gasteiger partial charge >= 0.3 is 5.97 Å². The van der Waals surface area contributed by atoms with E-state index in [1.807, 2.05) is 0 Å². The first-order valence-electron chi connectivity index (χ1n) is 9.09. The van der Waals surface area contributed by atoms with Gasteiger partial charge in [0.05, 0.1) is 17.0 Å². The fraction of sp³-hybridized carbons (Fsp3) is 0.0909. The third kappa shape index (κ3) is 3.60. The van der Waals surface area contributed by atoms with Crippen LogP contribution in [0.15, 0.2) is 92.3 Å². The topological polar surface area (TPSA) is 91.8 Å². The summed E-state index contributed by atoms with van der Waals surface area (Å²) in [6.45, 7) is -0.112. The van der Waals surface area contributed by atoms with Gasteiger partial charge in [0.25, 0.3) is 15.9 Å². The zero-order valence-electron chi connectivity index (χ0n) is 15.8. The lowest BCUT2D eigenvalue weighted by atomic mass is 9.75. The second kappa shape index (κ2) is 7.89. The quantitative estimate of drug-likeness (QED) is 0.594. The number of carboxylic acid groups (broad SMARTS) is 1. The Morgan fingerprint density at radius 2 is 1.65 bits per heavy atom. The fourth-order valence-electron chi connectivity index (χ4n) is 3.70. The number of rotatable bonds is 4. The van der Waals surface area contributed by atoms with Crippen LogP contribution in [0.3, 0.4) is 0 Å². The first-order chi connectivity index (χ1) is 14.7. The molecular formula is C22H15Br2NO5S. The van der Waals surface area contributed by atoms with E-state index in [-0.39, 0.29) is 17.0 Å². The van der Waals surface area contributed by atoms with E-state index < -0.39 is 27.3 Å². The third-order valence-corrected chi connectivity index (χ3v) is 8.11. The van der Waals surface area contributed by atoms with Crippen molar-refractivity contribution in [2.45, 2.75) is 10.3 Å². The van der Waals surface area contributed by atoms with Crippen molar-refractivity contribution < 1.29 is 23.1 Å². The summed E-state index contributed by atoms with van der Waals surface area (Å²) in [5, 5.41) is 9.20. The Morgan fingerprint density at radius 1 is 1.00 bits per heavy atom. The Morgan fingerprint density at radius 3 is 2.26 bits per heavy atom. The normalized spacial score (nSPS) is 20.7. The minimum atomic E-state index is -4.09. The van der Waals surface area contributed by atoms with E-state index in [1.165, 1.54) is 24.3 Å². The number of benzene rings is 2. The molecule has 4 rings (SSSR count). The molecule has 1 amide bonds. The molecule has 0 saturated carbocycles. The van der Waals surface area contributed by atoms with Gasteiger partial charge in [0.1, 0.15) is 5.41 Å². The van der Waals surface area contributed by atoms with E-state index in [2.05, 4.69) is 31.9 Å². The molecular weight excluding hydrogens is 550 g/mol. The number of sulfonamides is 1. The van der Waals surface area contributed by atoms with Gasteiger partial charge in [0, 0.05) is 8.96 Å². The fourth-order valence-corrected chi connectivity index (χ4v) is 5.63. The molecule has 1 atom stereocenters. The monoisotopic (exact) mass is 563 g/mol. The van der Waals surface area contributed by atoms with E-state index in [4.69, 9.17) is 0 Å². The molecule has 0 spiro atoms. The molecule has 1 N–H and O–H groups in total. The van der Waals surface area contributed by atoms with Gasteiger partial charge in [-0.2, -0.15) is 0 Å². The molecule has 0 radical (unpaired) electrons. The van der Waals surface area contributed by atoms with Crippen LogP contribution in [0.25, 0.3) is 0 Å². The Bertz CT molecular complexity index is 1280. The summed E-state index contributed by atoms with van der Waals surface area (Å²) in [4.78, 5) is 25.0. The number of halogens is 2. The highest BCUT2D eigenvalue weighted by Gasteiger charge is 2.54. The SMILES string of the molecule is O=C(O)c1ccc([C@]23C=CC(Br)=CC=C2CN(S(=O)(=O)c2ccc(Br)cc2)C3=O)cc1. The maximum Gasteiger partial charge on any atom is 0.335 e. The molecule has 6 nitrogen and oxygen atoms in total. The largest absolute Gasteiger partial charge is 0.478 e. The van der Waals surface area contributed by atoms with Crippen LogP contribution in [-0.2, 0) is 20.2 Å². The molecule has 1 saturated heterocycles. The van der Waals surface area contributed by atoms with Crippen LogP contribution in [0.5, 0.6) is 0 Å². The second-order valence-electron chi connectivity index (χ2n) is 7.04. The van der Waals surface area contributed by atoms with Gasteiger partial charge in [0.2, 0.25) is 0 Å². The van der Waals surface area contributed by atoms with Crippen molar-refractivity contribution in [3.05, 3.63) is 98.5 Å². The van der Waals surface area contributed by atoms with Crippen molar-refractivity contribution in [2.75, 3.05) is 6.54 Å². The maximum absolute atomic E-state index is 13.7. The second-order valence-corrected chi connectivity index (χ2v) is 10.7. The average molecular weight is 565 g/mol. The summed E-state index contributed by atoms with van der Waals surface area (Å²) >= 11 is 6.68. The number of carbonyl (C=O) groups excluding carboxylic acids is 1. The summed E-state index contributed by atoms with van der Waals surface area (Å²) in [5.74, 6) is -1.70. The lowest BCUT2D eigenvalue weighted by Gasteiger charge is -2.26. The lowest BCUT2D eigenvalue weighted by molar-refractivity contribution is -0.126. The van der Waals surface area contributed by atoms with Crippen LogP contribution >= 0.6 is 31.9 Å². The number of aromatic carboxylic acids is 1. The summed E-state index contributed by atoms with van der Waals surface area (Å²) in [5.41, 5.74) is -0.209. The van der Waals surface area contributed by atoms with Crippen molar-refractivity contribution in [3.63, 3.8) is 0 Å². The highest BCUT2D eigenvalue weighted by molar-refractivity contribution is 9.12. The van der Waals surface area contributed by atoms with E-state index in [1.54, 1.807) is 48.6 Å². The number of allylic oxidation sites excluding steroid dienone is 4. The van der Waals surface area contributed by atoms with Gasteiger partial charge in [-0.3, -0.25) is 4.79 Å². The van der Waals surface area contributed by atoms with Crippen molar-refractivity contribution in [3.8, 4) is 0 Å². The Kier molecular flexibility index (Phi) is 5.53. The zero-order chi connectivity index (χ0) is 22.4. The lowest BCUT2D eigenvalue weighted by Crippen LogP contribution is -2.40. The highest BCUT2D eigenvalue weighted by Crippen LogP contribution is 2.45. The van der Waals surface area contributed by atoms with Gasteiger partial charge in [-0.15, -0.1) is 0 Å². The highest BCUT2D eigenvalue weighted by atomic mass is 79.9. The average Bonchev–Trinajstić information content (AvgIpc) is 2.93. The van der Waals surface area contributed by atoms with Gasteiger partial charge < -0.3 is 5.11 Å². The van der Waals surface area contributed by atoms with Crippen molar-refractivity contribution in [1.29, 1.82) is 0 Å². The number of amides is 1. The van der Waals surface area contributed by atoms with Crippen LogP contribution in [0.1, 0.15) is 15.9 Å². The molecule has 1 heterocycles. The predicted octanol–water partition coefficient (Wildman–Crippen LogP) is 4.39. The van der Waals surface area contributed by atoms with E-state index in [9.17, 15) is 23.1 Å². The third-order valence-electron chi connectivity index (χ3n) is 5.31. The first-order valence-corrected chi connectivity index (χ1v) is 12.1. The van der Waals surface area contributed by atoms with Crippen molar-refractivity contribution in [1.82, 2.24) is 4.31 Å². The van der Waals surface area contributed by atoms with E-state index >= 15 is 0 Å². The molecule has 1 aliphatic heterocycles. The molecule has 2 aromatic rings. The smallest absolute Gasteiger partial charge is 0.335 e. The number of carbonyl (C=O) groups is 2. The van der Waals surface area contributed by atoms with Crippen LogP contribution in [0.4, 0.5) is 0 Å². The van der Waals surface area contributed by atoms with Crippen LogP contribution in [0, 0.1) is 0 Å². The van der Waals surface area contributed by atoms with Crippen LogP contribution in [-0.4, -0.2) is 36.3 Å². The number of hydrogen-bond acceptors (Lipinski definition) is 4. The standard InChI is InChI=1S/C22H15Br2NO5S/c23-17-7-9-19(10-8-17)31(29,30)25-13-16-5-6-18(24)11-12-22(16,21(25)28)15-3-1-14(2-4-15)20(26)27/h1-12H,13H2,(H,26,27)/t22-/m1/s1. The maximum atomic E-state index is 13.7. The molecule has 158 valence electrons. The molecule has 0 bridgehead atoms. The van der Waals surface area contributed by atoms with Crippen LogP contribution in [0.2, 0.25) is 0 Å². The molecule has 0 aromatic heterocycles. The molecule has 9 heteroatoms. The Hall–Kier alpha value is -2.49. The Balaban J connectivity index is 1.86. The van der Waals surface area contributed by atoms with Gasteiger partial charge in [-0.25, -0.2) is 17.5 Å². The van der Waals surface area contributed by atoms with Crippen molar-refractivity contribution >= 4 is 53.8 Å². The number of hydrogen-bond donors (Lipinski definition) is 1. The van der Waals surface area contributed by atoms with E-state index in [0.717, 1.165) is 13.3 Å². The number of carboxylic acids is 1. The minimum Gasteiger partial charge on any atom is -0.478 e. The van der Waals surface area contributed by atoms with Crippen molar-refractivity contribution in [2.24, 2.45) is 0 Å². The number of nitrogens with zero attached hydrogens (tertiary/aromatic N) is 1. The first kappa shape index (κ1) is 21.7. The van der Waals surface area contributed by atoms with Gasteiger partial charge in [-0.05, 0) is 53.6 Å². The number of fused-ring (bicyclic) bond motifs is 1. The molecule has 0 unspecified atom stereocenters. The summed E-state index contributed by atoms with van der Waals surface area (Å²) in [6, 6.07) is 12.0. The van der Waals surface area contributed by atoms with E-state index in [0.29, 0.717) is 11.1 Å². The summed E-state index contributed by atoms with van der Waals surface area (Å²) < 4.78 is 28.9. The predicted molar refractivity (Wildman–Crippen MR) is 122 cm³/mol. The summed E-state index contributed by atoms with van der Waals surface area (Å²) in [7, 11) is -4.09. The van der Waals surface area contributed by atoms with Gasteiger partial charge in [0.15, 0.2) is 0 Å². The van der Waals surface area contributed by atoms with Crippen LogP contribution < -0.4 is 0 Å². The molecule has 2 aliphatic rings. The molecule has 2 aromatic carbocycles. The molecule has 31 heavy (non-hydrogen) atoms. The molecule has 1 fully saturated rings.